The molecule has 1 aliphatic heterocycles. The summed E-state index contributed by atoms with van der Waals surface area (Å²) >= 11 is 0. The fraction of sp³-hybridized carbons (Fsp3) is 0.586. The third-order valence-electron chi connectivity index (χ3n) is 7.66. The number of pyridine rings is 1. The predicted octanol–water partition coefficient (Wildman–Crippen LogP) is 4.80. The molecule has 0 bridgehead atoms. The van der Waals surface area contributed by atoms with Crippen molar-refractivity contribution in [1.29, 1.82) is 0 Å². The van der Waals surface area contributed by atoms with Crippen molar-refractivity contribution in [1.82, 2.24) is 10.3 Å². The van der Waals surface area contributed by atoms with Gasteiger partial charge in [0.2, 0.25) is 0 Å². The Morgan fingerprint density at radius 1 is 1.17 bits per heavy atom. The van der Waals surface area contributed by atoms with Gasteiger partial charge in [-0.3, -0.25) is 9.59 Å². The molecule has 0 radical (unpaired) electrons. The minimum Gasteiger partial charge on any atom is -0.490 e. The van der Waals surface area contributed by atoms with Gasteiger partial charge in [0.15, 0.2) is 0 Å². The van der Waals surface area contributed by atoms with E-state index in [2.05, 4.69) is 42.0 Å². The number of hydrogen-bond acceptors (Lipinski definition) is 5. The number of rotatable bonds is 8. The predicted molar refractivity (Wildman–Crippen MR) is 143 cm³/mol. The highest BCUT2D eigenvalue weighted by Gasteiger charge is 2.38. The standard InChI is InChI=1S/C29H41N3O4/c1-7-32(21-8-10-35-11-9-21)26-14-22(36-23-15-29(5,6)16-23)13-24(20(26)4)27(33)30-17-25-18(2)12-19(3)31-28(25)34/h12-14,21,23H,7-11,15-17H2,1-6H3,(H,30,33)(H,31,34). The molecule has 2 N–H and O–H groups in total. The van der Waals surface area contributed by atoms with Crippen molar-refractivity contribution in [3.8, 4) is 5.75 Å². The smallest absolute Gasteiger partial charge is 0.253 e. The van der Waals surface area contributed by atoms with E-state index in [1.54, 1.807) is 0 Å². The molecule has 2 aromatic rings. The Kier molecular flexibility index (Phi) is 7.79. The molecule has 2 heterocycles. The number of H-pyrrole nitrogens is 1. The van der Waals surface area contributed by atoms with Crippen LogP contribution in [0.5, 0.6) is 5.75 Å². The Labute approximate surface area is 214 Å². The summed E-state index contributed by atoms with van der Waals surface area (Å²) in [5.74, 6) is 0.534. The Bertz CT molecular complexity index is 1160. The molecule has 36 heavy (non-hydrogen) atoms. The number of anilines is 1. The number of hydrogen-bond donors (Lipinski definition) is 2. The molecule has 2 fully saturated rings. The first-order valence-corrected chi connectivity index (χ1v) is 13.2. The van der Waals surface area contributed by atoms with E-state index in [9.17, 15) is 9.59 Å². The summed E-state index contributed by atoms with van der Waals surface area (Å²) in [7, 11) is 0. The van der Waals surface area contributed by atoms with E-state index in [1.165, 1.54) is 0 Å². The molecular formula is C29H41N3O4. The second-order valence-electron chi connectivity index (χ2n) is 11.2. The molecule has 1 aromatic carbocycles. The molecular weight excluding hydrogens is 454 g/mol. The van der Waals surface area contributed by atoms with Gasteiger partial charge in [0, 0.05) is 60.9 Å². The van der Waals surface area contributed by atoms with Crippen LogP contribution in [0.2, 0.25) is 0 Å². The molecule has 0 atom stereocenters. The molecule has 4 rings (SSSR count). The first-order valence-electron chi connectivity index (χ1n) is 13.2. The van der Waals surface area contributed by atoms with E-state index in [4.69, 9.17) is 9.47 Å². The molecule has 1 amide bonds. The third kappa shape index (κ3) is 5.77. The lowest BCUT2D eigenvalue weighted by Gasteiger charge is -2.42. The molecule has 1 saturated heterocycles. The average molecular weight is 496 g/mol. The van der Waals surface area contributed by atoms with Gasteiger partial charge >= 0.3 is 0 Å². The van der Waals surface area contributed by atoms with Crippen LogP contribution in [0.3, 0.4) is 0 Å². The van der Waals surface area contributed by atoms with E-state index < -0.39 is 0 Å². The minimum atomic E-state index is -0.199. The second kappa shape index (κ2) is 10.7. The second-order valence-corrected chi connectivity index (χ2v) is 11.2. The van der Waals surface area contributed by atoms with Gasteiger partial charge in [0.25, 0.3) is 11.5 Å². The van der Waals surface area contributed by atoms with Crippen molar-refractivity contribution in [2.75, 3.05) is 24.7 Å². The van der Waals surface area contributed by atoms with Crippen molar-refractivity contribution in [2.45, 2.75) is 85.9 Å². The number of aromatic amines is 1. The number of benzene rings is 1. The van der Waals surface area contributed by atoms with Crippen molar-refractivity contribution in [3.05, 3.63) is 56.5 Å². The van der Waals surface area contributed by atoms with Crippen molar-refractivity contribution in [2.24, 2.45) is 5.41 Å². The largest absolute Gasteiger partial charge is 0.490 e. The summed E-state index contributed by atoms with van der Waals surface area (Å²) in [4.78, 5) is 31.2. The zero-order valence-corrected chi connectivity index (χ0v) is 22.6. The van der Waals surface area contributed by atoms with Gasteiger partial charge in [-0.2, -0.15) is 0 Å². The van der Waals surface area contributed by atoms with E-state index >= 15 is 0 Å². The number of carbonyl (C=O) groups is 1. The van der Waals surface area contributed by atoms with Crippen molar-refractivity contribution >= 4 is 11.6 Å². The first kappa shape index (κ1) is 26.3. The third-order valence-corrected chi connectivity index (χ3v) is 7.66. The molecule has 2 aliphatic rings. The summed E-state index contributed by atoms with van der Waals surface area (Å²) in [6.07, 6.45) is 4.10. The number of nitrogens with one attached hydrogen (secondary N) is 2. The van der Waals surface area contributed by atoms with Gasteiger partial charge < -0.3 is 24.7 Å². The summed E-state index contributed by atoms with van der Waals surface area (Å²) in [5, 5.41) is 2.99. The van der Waals surface area contributed by atoms with Gasteiger partial charge in [-0.05, 0) is 82.1 Å². The highest BCUT2D eigenvalue weighted by atomic mass is 16.5. The number of amides is 1. The van der Waals surface area contributed by atoms with Crippen LogP contribution in [0, 0.1) is 26.2 Å². The molecule has 1 aromatic heterocycles. The topological polar surface area (TPSA) is 83.7 Å². The van der Waals surface area contributed by atoms with E-state index in [0.29, 0.717) is 22.6 Å². The van der Waals surface area contributed by atoms with Crippen LogP contribution >= 0.6 is 0 Å². The molecule has 0 spiro atoms. The monoisotopic (exact) mass is 495 g/mol. The molecule has 1 aliphatic carbocycles. The van der Waals surface area contributed by atoms with Gasteiger partial charge in [-0.25, -0.2) is 0 Å². The molecule has 0 unspecified atom stereocenters. The van der Waals surface area contributed by atoms with E-state index in [-0.39, 0.29) is 24.1 Å². The van der Waals surface area contributed by atoms with Crippen LogP contribution in [0.1, 0.15) is 79.2 Å². The van der Waals surface area contributed by atoms with Gasteiger partial charge in [0.1, 0.15) is 5.75 Å². The van der Waals surface area contributed by atoms with Crippen LogP contribution in [-0.2, 0) is 11.3 Å². The maximum atomic E-state index is 13.5. The Balaban J connectivity index is 1.63. The van der Waals surface area contributed by atoms with E-state index in [0.717, 1.165) is 73.7 Å². The lowest BCUT2D eigenvalue weighted by Crippen LogP contribution is -2.41. The zero-order valence-electron chi connectivity index (χ0n) is 22.6. The summed E-state index contributed by atoms with van der Waals surface area (Å²) < 4.78 is 12.0. The van der Waals surface area contributed by atoms with E-state index in [1.807, 2.05) is 32.9 Å². The fourth-order valence-electron chi connectivity index (χ4n) is 5.71. The van der Waals surface area contributed by atoms with Crippen molar-refractivity contribution in [3.63, 3.8) is 0 Å². The van der Waals surface area contributed by atoms with Gasteiger partial charge in [-0.1, -0.05) is 13.8 Å². The number of nitrogens with zero attached hydrogens (tertiary/aromatic N) is 1. The highest BCUT2D eigenvalue weighted by Crippen LogP contribution is 2.43. The average Bonchev–Trinajstić information content (AvgIpc) is 2.80. The van der Waals surface area contributed by atoms with Crippen LogP contribution in [0.15, 0.2) is 23.0 Å². The fourth-order valence-corrected chi connectivity index (χ4v) is 5.71. The molecule has 7 nitrogen and oxygen atoms in total. The normalized spacial score (nSPS) is 17.9. The summed E-state index contributed by atoms with van der Waals surface area (Å²) in [6, 6.07) is 6.26. The number of aryl methyl sites for hydroxylation is 2. The van der Waals surface area contributed by atoms with Crippen LogP contribution in [0.25, 0.3) is 0 Å². The first-order chi connectivity index (χ1) is 17.1. The molecule has 1 saturated carbocycles. The van der Waals surface area contributed by atoms with Gasteiger partial charge in [0.05, 0.1) is 6.10 Å². The number of carbonyl (C=O) groups excluding carboxylic acids is 1. The van der Waals surface area contributed by atoms with Gasteiger partial charge in [-0.15, -0.1) is 0 Å². The quantitative estimate of drug-likeness (QED) is 0.550. The maximum absolute atomic E-state index is 13.5. The van der Waals surface area contributed by atoms with Crippen LogP contribution in [-0.4, -0.2) is 42.8 Å². The van der Waals surface area contributed by atoms with Crippen molar-refractivity contribution < 1.29 is 14.3 Å². The van der Waals surface area contributed by atoms with Crippen LogP contribution in [0.4, 0.5) is 5.69 Å². The maximum Gasteiger partial charge on any atom is 0.253 e. The summed E-state index contributed by atoms with van der Waals surface area (Å²) in [5.41, 5.74) is 4.95. The lowest BCUT2D eigenvalue weighted by atomic mass is 9.70. The zero-order chi connectivity index (χ0) is 26.0. The summed E-state index contributed by atoms with van der Waals surface area (Å²) in [6.45, 7) is 14.9. The molecule has 7 heteroatoms. The Morgan fingerprint density at radius 3 is 2.47 bits per heavy atom. The minimum absolute atomic E-state index is 0.161. The van der Waals surface area contributed by atoms with Crippen LogP contribution < -0.4 is 20.5 Å². The lowest BCUT2D eigenvalue weighted by molar-refractivity contribution is 0.0105. The Hall–Kier alpha value is -2.80. The number of ether oxygens (including phenoxy) is 2. The SMILES string of the molecule is CCN(c1cc(OC2CC(C)(C)C2)cc(C(=O)NCc2c(C)cc(C)[nH]c2=O)c1C)C1CCOCC1. The Morgan fingerprint density at radius 2 is 1.86 bits per heavy atom. The highest BCUT2D eigenvalue weighted by molar-refractivity contribution is 5.97. The molecule has 196 valence electrons. The number of aromatic nitrogens is 1.